The van der Waals surface area contributed by atoms with Crippen LogP contribution < -0.4 is 0 Å². The lowest BCUT2D eigenvalue weighted by atomic mass is 9.77. The monoisotopic (exact) mass is 584 g/mol. The average molecular weight is 585 g/mol. The number of benzene rings is 4. The van der Waals surface area contributed by atoms with E-state index < -0.39 is 0 Å². The molecule has 0 aliphatic heterocycles. The van der Waals surface area contributed by atoms with E-state index in [1.54, 1.807) is 0 Å². The van der Waals surface area contributed by atoms with E-state index in [4.69, 9.17) is 0 Å². The average Bonchev–Trinajstić information content (AvgIpc) is 2.93. The zero-order chi connectivity index (χ0) is 32.6. The fourth-order valence-corrected chi connectivity index (χ4v) is 5.83. The molecule has 1 aliphatic rings. The molecule has 0 atom stereocenters. The van der Waals surface area contributed by atoms with Crippen LogP contribution in [0.2, 0.25) is 0 Å². The van der Waals surface area contributed by atoms with Crippen molar-refractivity contribution in [3.63, 3.8) is 0 Å². The van der Waals surface area contributed by atoms with Gasteiger partial charge < -0.3 is 0 Å². The highest BCUT2D eigenvalue weighted by Crippen LogP contribution is 2.38. The molecule has 4 aromatic carbocycles. The Labute approximate surface area is 264 Å². The molecule has 0 aromatic heterocycles. The Morgan fingerprint density at radius 1 is 0.318 bits per heavy atom. The van der Waals surface area contributed by atoms with Gasteiger partial charge in [-0.2, -0.15) is 0 Å². The fourth-order valence-electron chi connectivity index (χ4n) is 5.83. The Hall–Kier alpha value is -3.78. The van der Waals surface area contributed by atoms with E-state index in [-0.39, 0.29) is 33.2 Å². The molecular formula is C42H48O2. The van der Waals surface area contributed by atoms with Crippen LogP contribution in [0.15, 0.2) is 72.8 Å². The van der Waals surface area contributed by atoms with E-state index in [1.165, 1.54) is 22.3 Å². The molecule has 2 nitrogen and oxygen atoms in total. The van der Waals surface area contributed by atoms with Crippen LogP contribution in [0.25, 0.3) is 22.3 Å². The lowest BCUT2D eigenvalue weighted by Crippen LogP contribution is -2.21. The minimum atomic E-state index is -0.0927. The van der Waals surface area contributed by atoms with Crippen molar-refractivity contribution >= 4 is 11.6 Å². The molecular weight excluding hydrogens is 536 g/mol. The van der Waals surface area contributed by atoms with Crippen molar-refractivity contribution in [1.82, 2.24) is 0 Å². The summed E-state index contributed by atoms with van der Waals surface area (Å²) < 4.78 is 0. The molecule has 5 rings (SSSR count). The van der Waals surface area contributed by atoms with Crippen LogP contribution in [-0.2, 0) is 21.7 Å². The van der Waals surface area contributed by atoms with Gasteiger partial charge in [0.25, 0.3) is 0 Å². The van der Waals surface area contributed by atoms with Crippen LogP contribution in [0.4, 0.5) is 0 Å². The number of fused-ring (bicyclic) bond motifs is 2. The largest absolute Gasteiger partial charge is 0.289 e. The maximum absolute atomic E-state index is 14.0. The normalized spacial score (nSPS) is 14.0. The molecule has 0 spiro atoms. The van der Waals surface area contributed by atoms with Crippen LogP contribution >= 0.6 is 0 Å². The predicted molar refractivity (Wildman–Crippen MR) is 185 cm³/mol. The van der Waals surface area contributed by atoms with Crippen molar-refractivity contribution in [2.75, 3.05) is 0 Å². The Morgan fingerprint density at radius 3 is 0.841 bits per heavy atom. The number of carbonyl (C=O) groups is 2. The van der Waals surface area contributed by atoms with E-state index in [2.05, 4.69) is 119 Å². The minimum absolute atomic E-state index is 0.0211. The van der Waals surface area contributed by atoms with E-state index in [0.29, 0.717) is 22.3 Å². The van der Waals surface area contributed by atoms with Crippen molar-refractivity contribution in [3.8, 4) is 22.3 Å². The van der Waals surface area contributed by atoms with E-state index in [1.807, 2.05) is 36.4 Å². The first-order valence-corrected chi connectivity index (χ1v) is 15.8. The minimum Gasteiger partial charge on any atom is -0.289 e. The molecule has 0 amide bonds. The smallest absolute Gasteiger partial charge is 0.194 e. The van der Waals surface area contributed by atoms with Gasteiger partial charge in [-0.25, -0.2) is 0 Å². The molecule has 0 fully saturated rings. The van der Waals surface area contributed by atoms with E-state index in [9.17, 15) is 9.59 Å². The van der Waals surface area contributed by atoms with Crippen LogP contribution in [0.5, 0.6) is 0 Å². The molecule has 44 heavy (non-hydrogen) atoms. The zero-order valence-corrected chi connectivity index (χ0v) is 28.7. The lowest BCUT2D eigenvalue weighted by Gasteiger charge is -2.27. The fraction of sp³-hybridized carbons (Fsp3) is 0.381. The van der Waals surface area contributed by atoms with Gasteiger partial charge >= 0.3 is 0 Å². The molecule has 1 aliphatic carbocycles. The van der Waals surface area contributed by atoms with Gasteiger partial charge in [0.1, 0.15) is 0 Å². The summed E-state index contributed by atoms with van der Waals surface area (Å²) in [7, 11) is 0. The van der Waals surface area contributed by atoms with Gasteiger partial charge in [0.2, 0.25) is 0 Å². The van der Waals surface area contributed by atoms with Gasteiger partial charge in [-0.1, -0.05) is 132 Å². The SMILES string of the molecule is CC(C)(C)c1cc(-c2ccc3c(c2)C(=O)c2ccc(-c4cc(C(C)(C)C)cc(C(C)(C)C)c4)cc2C3=O)cc(C(C)(C)C)c1. The second kappa shape index (κ2) is 10.4. The van der Waals surface area contributed by atoms with Gasteiger partial charge in [0.15, 0.2) is 11.6 Å². The molecule has 0 N–H and O–H groups in total. The van der Waals surface area contributed by atoms with Gasteiger partial charge in [0, 0.05) is 22.3 Å². The van der Waals surface area contributed by atoms with Gasteiger partial charge in [-0.15, -0.1) is 0 Å². The summed E-state index contributed by atoms with van der Waals surface area (Å²) in [5.74, 6) is -0.185. The lowest BCUT2D eigenvalue weighted by molar-refractivity contribution is 0.0979. The van der Waals surface area contributed by atoms with Crippen LogP contribution in [0, 0.1) is 0 Å². The summed E-state index contributed by atoms with van der Waals surface area (Å²) >= 11 is 0. The van der Waals surface area contributed by atoms with Crippen LogP contribution in [0.3, 0.4) is 0 Å². The number of hydrogen-bond donors (Lipinski definition) is 0. The molecule has 4 aromatic rings. The second-order valence-electron chi connectivity index (χ2n) is 16.8. The third-order valence-corrected chi connectivity index (χ3v) is 9.01. The highest BCUT2D eigenvalue weighted by atomic mass is 16.1. The van der Waals surface area contributed by atoms with Gasteiger partial charge in [-0.05, 0) is 90.4 Å². The Balaban J connectivity index is 1.60. The van der Waals surface area contributed by atoms with Gasteiger partial charge in [-0.3, -0.25) is 9.59 Å². The summed E-state index contributed by atoms with van der Waals surface area (Å²) in [5, 5.41) is 0. The molecule has 2 heteroatoms. The zero-order valence-electron chi connectivity index (χ0n) is 28.7. The number of rotatable bonds is 2. The first-order valence-electron chi connectivity index (χ1n) is 15.8. The number of carbonyl (C=O) groups excluding carboxylic acids is 2. The molecule has 228 valence electrons. The summed E-state index contributed by atoms with van der Waals surface area (Å²) in [5.41, 5.74) is 10.9. The van der Waals surface area contributed by atoms with E-state index in [0.717, 1.165) is 22.3 Å². The topological polar surface area (TPSA) is 34.1 Å². The highest BCUT2D eigenvalue weighted by Gasteiger charge is 2.31. The third-order valence-electron chi connectivity index (χ3n) is 9.01. The van der Waals surface area contributed by atoms with Crippen molar-refractivity contribution in [2.24, 2.45) is 0 Å². The first-order chi connectivity index (χ1) is 20.1. The predicted octanol–water partition coefficient (Wildman–Crippen LogP) is 11.0. The van der Waals surface area contributed by atoms with Gasteiger partial charge in [0.05, 0.1) is 0 Å². The summed E-state index contributed by atoms with van der Waals surface area (Å²) in [6.45, 7) is 26.7. The molecule has 0 radical (unpaired) electrons. The number of ketones is 2. The third kappa shape index (κ3) is 5.96. The highest BCUT2D eigenvalue weighted by molar-refractivity contribution is 6.29. The maximum atomic E-state index is 14.0. The quantitative estimate of drug-likeness (QED) is 0.207. The van der Waals surface area contributed by atoms with Crippen LogP contribution in [0.1, 0.15) is 137 Å². The van der Waals surface area contributed by atoms with Crippen molar-refractivity contribution < 1.29 is 9.59 Å². The number of hydrogen-bond acceptors (Lipinski definition) is 2. The Bertz CT molecular complexity index is 1610. The van der Waals surface area contributed by atoms with Crippen molar-refractivity contribution in [3.05, 3.63) is 117 Å². The molecule has 0 saturated heterocycles. The molecule has 0 unspecified atom stereocenters. The van der Waals surface area contributed by atoms with E-state index >= 15 is 0 Å². The first kappa shape index (κ1) is 31.6. The Morgan fingerprint density at radius 2 is 0.591 bits per heavy atom. The van der Waals surface area contributed by atoms with Crippen molar-refractivity contribution in [1.29, 1.82) is 0 Å². The summed E-state index contributed by atoms with van der Waals surface area (Å²) in [6.07, 6.45) is 0. The maximum Gasteiger partial charge on any atom is 0.194 e. The summed E-state index contributed by atoms with van der Waals surface area (Å²) in [6, 6.07) is 25.0. The van der Waals surface area contributed by atoms with Crippen molar-refractivity contribution in [2.45, 2.75) is 105 Å². The Kier molecular flexibility index (Phi) is 7.48. The van der Waals surface area contributed by atoms with Crippen LogP contribution in [-0.4, -0.2) is 11.6 Å². The molecule has 0 bridgehead atoms. The second-order valence-corrected chi connectivity index (χ2v) is 16.8. The summed E-state index contributed by atoms with van der Waals surface area (Å²) in [4.78, 5) is 27.9. The standard InChI is InChI=1S/C42H48O2/c1-39(2,3)29-17-27(18-30(23-29)40(4,5)6)25-13-15-33-35(21-25)37(43)34-16-14-26(22-36(34)38(33)44)28-19-31(41(7,8)9)24-32(20-28)42(10,11)12/h13-24H,1-12H3. The molecule has 0 saturated carbocycles. The molecule has 0 heterocycles.